The highest BCUT2D eigenvalue weighted by Gasteiger charge is 2.20. The van der Waals surface area contributed by atoms with Crippen molar-refractivity contribution >= 4 is 5.91 Å². The molecule has 0 unspecified atom stereocenters. The minimum absolute atomic E-state index is 0.0890. The van der Waals surface area contributed by atoms with Crippen molar-refractivity contribution in [2.45, 2.75) is 58.4 Å². The summed E-state index contributed by atoms with van der Waals surface area (Å²) in [5.41, 5.74) is 5.40. The van der Waals surface area contributed by atoms with Crippen LogP contribution in [0.4, 0.5) is 0 Å². The Kier molecular flexibility index (Phi) is 4.78. The van der Waals surface area contributed by atoms with Crippen molar-refractivity contribution in [3.63, 3.8) is 0 Å². The average molecular weight is 226 g/mol. The van der Waals surface area contributed by atoms with Crippen molar-refractivity contribution in [1.29, 1.82) is 0 Å². The number of nitrogens with one attached hydrogen (secondary N) is 1. The minimum atomic E-state index is -0.398. The Labute approximate surface area is 99.2 Å². The van der Waals surface area contributed by atoms with Crippen LogP contribution < -0.4 is 11.1 Å². The smallest absolute Gasteiger partial charge is 0.221 e. The summed E-state index contributed by atoms with van der Waals surface area (Å²) in [6.45, 7) is 6.91. The van der Waals surface area contributed by atoms with Gasteiger partial charge in [-0.15, -0.1) is 0 Å². The van der Waals surface area contributed by atoms with Gasteiger partial charge in [-0.05, 0) is 38.5 Å². The Balaban J connectivity index is 2.17. The molecule has 3 heteroatoms. The van der Waals surface area contributed by atoms with Crippen molar-refractivity contribution in [1.82, 2.24) is 5.32 Å². The van der Waals surface area contributed by atoms with Crippen molar-refractivity contribution in [3.8, 4) is 0 Å². The van der Waals surface area contributed by atoms with E-state index in [-0.39, 0.29) is 5.91 Å². The maximum absolute atomic E-state index is 11.6. The Morgan fingerprint density at radius 2 is 1.88 bits per heavy atom. The van der Waals surface area contributed by atoms with E-state index in [1.165, 1.54) is 25.7 Å². The molecular weight excluding hydrogens is 200 g/mol. The van der Waals surface area contributed by atoms with Crippen molar-refractivity contribution in [3.05, 3.63) is 0 Å². The van der Waals surface area contributed by atoms with Gasteiger partial charge >= 0.3 is 0 Å². The molecule has 1 fully saturated rings. The number of carbonyl (C=O) groups excluding carboxylic acids is 1. The summed E-state index contributed by atoms with van der Waals surface area (Å²) >= 11 is 0. The van der Waals surface area contributed by atoms with Gasteiger partial charge in [-0.25, -0.2) is 0 Å². The fourth-order valence-corrected chi connectivity index (χ4v) is 2.27. The number of amides is 1. The second kappa shape index (κ2) is 5.67. The second-order valence-corrected chi connectivity index (χ2v) is 6.10. The first kappa shape index (κ1) is 13.5. The number of hydrogen-bond donors (Lipinski definition) is 2. The van der Waals surface area contributed by atoms with Crippen LogP contribution in [0, 0.1) is 11.8 Å². The predicted octanol–water partition coefficient (Wildman–Crippen LogP) is 2.06. The first-order valence-corrected chi connectivity index (χ1v) is 6.42. The summed E-state index contributed by atoms with van der Waals surface area (Å²) < 4.78 is 0. The van der Waals surface area contributed by atoms with Crippen molar-refractivity contribution < 1.29 is 4.79 Å². The van der Waals surface area contributed by atoms with Gasteiger partial charge in [-0.1, -0.05) is 19.8 Å². The van der Waals surface area contributed by atoms with Crippen LogP contribution in [-0.4, -0.2) is 18.0 Å². The molecule has 0 aromatic carbocycles. The molecule has 1 aliphatic carbocycles. The Morgan fingerprint density at radius 1 is 1.31 bits per heavy atom. The third kappa shape index (κ3) is 5.50. The highest BCUT2D eigenvalue weighted by molar-refractivity contribution is 5.77. The lowest BCUT2D eigenvalue weighted by Crippen LogP contribution is -2.40. The minimum Gasteiger partial charge on any atom is -0.356 e. The average Bonchev–Trinajstić information content (AvgIpc) is 2.14. The molecule has 0 atom stereocenters. The lowest BCUT2D eigenvalue weighted by atomic mass is 9.83. The standard InChI is InChI=1S/C13H26N2O/c1-10-4-6-11(7-5-10)9-15-12(16)8-13(2,3)14/h10-11H,4-9,14H2,1-3H3,(H,15,16). The summed E-state index contributed by atoms with van der Waals surface area (Å²) in [4.78, 5) is 11.6. The maximum atomic E-state index is 11.6. The highest BCUT2D eigenvalue weighted by atomic mass is 16.1. The van der Waals surface area contributed by atoms with E-state index in [0.29, 0.717) is 12.3 Å². The lowest BCUT2D eigenvalue weighted by molar-refractivity contribution is -0.122. The zero-order valence-electron chi connectivity index (χ0n) is 10.9. The van der Waals surface area contributed by atoms with Gasteiger partial charge in [-0.3, -0.25) is 4.79 Å². The predicted molar refractivity (Wildman–Crippen MR) is 67.0 cm³/mol. The monoisotopic (exact) mass is 226 g/mol. The van der Waals surface area contributed by atoms with E-state index >= 15 is 0 Å². The molecule has 94 valence electrons. The van der Waals surface area contributed by atoms with Crippen molar-refractivity contribution in [2.24, 2.45) is 17.6 Å². The van der Waals surface area contributed by atoms with Gasteiger partial charge < -0.3 is 11.1 Å². The van der Waals surface area contributed by atoms with Crippen LogP contribution in [0.3, 0.4) is 0 Å². The topological polar surface area (TPSA) is 55.1 Å². The summed E-state index contributed by atoms with van der Waals surface area (Å²) in [5, 5.41) is 3.00. The number of rotatable bonds is 4. The van der Waals surface area contributed by atoms with E-state index in [2.05, 4.69) is 12.2 Å². The van der Waals surface area contributed by atoms with Crippen LogP contribution in [0.1, 0.15) is 52.9 Å². The van der Waals surface area contributed by atoms with Crippen LogP contribution in [0.15, 0.2) is 0 Å². The van der Waals surface area contributed by atoms with Gasteiger partial charge in [0.1, 0.15) is 0 Å². The molecule has 0 aliphatic heterocycles. The van der Waals surface area contributed by atoms with Gasteiger partial charge in [-0.2, -0.15) is 0 Å². The van der Waals surface area contributed by atoms with Crippen LogP contribution in [0.25, 0.3) is 0 Å². The number of hydrogen-bond acceptors (Lipinski definition) is 2. The Morgan fingerprint density at radius 3 is 2.38 bits per heavy atom. The zero-order chi connectivity index (χ0) is 12.2. The molecule has 1 rings (SSSR count). The highest BCUT2D eigenvalue weighted by Crippen LogP contribution is 2.27. The molecule has 1 aliphatic rings. The van der Waals surface area contributed by atoms with Crippen LogP contribution >= 0.6 is 0 Å². The fraction of sp³-hybridized carbons (Fsp3) is 0.923. The van der Waals surface area contributed by atoms with E-state index in [1.807, 2.05) is 13.8 Å². The van der Waals surface area contributed by atoms with E-state index in [1.54, 1.807) is 0 Å². The van der Waals surface area contributed by atoms with Gasteiger partial charge in [0.25, 0.3) is 0 Å². The molecule has 1 amide bonds. The zero-order valence-corrected chi connectivity index (χ0v) is 10.9. The molecule has 0 aromatic rings. The molecule has 16 heavy (non-hydrogen) atoms. The summed E-state index contributed by atoms with van der Waals surface area (Å²) in [6, 6.07) is 0. The molecule has 0 radical (unpaired) electrons. The maximum Gasteiger partial charge on any atom is 0.221 e. The molecule has 3 N–H and O–H groups in total. The van der Waals surface area contributed by atoms with Crippen LogP contribution in [0.5, 0.6) is 0 Å². The first-order valence-electron chi connectivity index (χ1n) is 6.42. The largest absolute Gasteiger partial charge is 0.356 e. The van der Waals surface area contributed by atoms with Crippen molar-refractivity contribution in [2.75, 3.05) is 6.54 Å². The van der Waals surface area contributed by atoms with Crippen LogP contribution in [-0.2, 0) is 4.79 Å². The molecule has 1 saturated carbocycles. The van der Waals surface area contributed by atoms with Crippen LogP contribution in [0.2, 0.25) is 0 Å². The molecule has 0 saturated heterocycles. The van der Waals surface area contributed by atoms with Gasteiger partial charge in [0.05, 0.1) is 0 Å². The van der Waals surface area contributed by atoms with E-state index in [0.717, 1.165) is 12.5 Å². The first-order chi connectivity index (χ1) is 7.37. The fourth-order valence-electron chi connectivity index (χ4n) is 2.27. The summed E-state index contributed by atoms with van der Waals surface area (Å²) in [5.74, 6) is 1.64. The van der Waals surface area contributed by atoms with Gasteiger partial charge in [0.15, 0.2) is 0 Å². The number of nitrogens with two attached hydrogens (primary N) is 1. The summed E-state index contributed by atoms with van der Waals surface area (Å²) in [7, 11) is 0. The molecule has 0 heterocycles. The molecular formula is C13H26N2O. The molecule has 3 nitrogen and oxygen atoms in total. The third-order valence-corrected chi connectivity index (χ3v) is 3.34. The van der Waals surface area contributed by atoms with Gasteiger partial charge in [0.2, 0.25) is 5.91 Å². The second-order valence-electron chi connectivity index (χ2n) is 6.10. The normalized spacial score (nSPS) is 26.5. The molecule has 0 aromatic heterocycles. The SMILES string of the molecule is CC1CCC(CNC(=O)CC(C)(C)N)CC1. The molecule has 0 bridgehead atoms. The number of carbonyl (C=O) groups is 1. The molecule has 0 spiro atoms. The quantitative estimate of drug-likeness (QED) is 0.771. The van der Waals surface area contributed by atoms with E-state index in [9.17, 15) is 4.79 Å². The van der Waals surface area contributed by atoms with Gasteiger partial charge in [0, 0.05) is 18.5 Å². The Bertz CT molecular complexity index is 225. The Hall–Kier alpha value is -0.570. The van der Waals surface area contributed by atoms with E-state index < -0.39 is 5.54 Å². The lowest BCUT2D eigenvalue weighted by Gasteiger charge is -2.26. The van der Waals surface area contributed by atoms with E-state index in [4.69, 9.17) is 5.73 Å². The third-order valence-electron chi connectivity index (χ3n) is 3.34. The summed E-state index contributed by atoms with van der Waals surface area (Å²) in [6.07, 6.45) is 5.54.